The van der Waals surface area contributed by atoms with Crippen molar-refractivity contribution in [1.82, 2.24) is 10.3 Å². The number of aryl methyl sites for hydroxylation is 2. The topological polar surface area (TPSA) is 37.0 Å². The summed E-state index contributed by atoms with van der Waals surface area (Å²) in [6.07, 6.45) is 0.384. The van der Waals surface area contributed by atoms with Crippen LogP contribution >= 0.6 is 24.0 Å². The second-order valence-electron chi connectivity index (χ2n) is 7.79. The van der Waals surface area contributed by atoms with Crippen molar-refractivity contribution in [3.8, 4) is 0 Å². The van der Waals surface area contributed by atoms with Crippen molar-refractivity contribution in [2.24, 2.45) is 5.92 Å². The van der Waals surface area contributed by atoms with E-state index >= 15 is 0 Å². The Bertz CT molecular complexity index is 839. The molecule has 3 nitrogen and oxygen atoms in total. The number of hydrogen-bond donors (Lipinski definition) is 2. The number of alkyl halides is 3. The zero-order chi connectivity index (χ0) is 23.8. The van der Waals surface area contributed by atoms with Gasteiger partial charge < -0.3 is 10.6 Å². The molecule has 1 atom stereocenters. The van der Waals surface area contributed by atoms with Crippen LogP contribution in [0.5, 0.6) is 0 Å². The van der Waals surface area contributed by atoms with E-state index in [2.05, 4.69) is 28.8 Å². The first-order valence-corrected chi connectivity index (χ1v) is 10.8. The van der Waals surface area contributed by atoms with Gasteiger partial charge in [-0.2, -0.15) is 13.2 Å². The third kappa shape index (κ3) is 9.00. The molecule has 1 aromatic heterocycles. The Hall–Kier alpha value is -1.77. The van der Waals surface area contributed by atoms with Gasteiger partial charge in [0.15, 0.2) is 0 Å². The number of hydrogen-bond acceptors (Lipinski definition) is 3. The van der Waals surface area contributed by atoms with Gasteiger partial charge in [-0.3, -0.25) is 0 Å². The monoisotopic (exact) mass is 563 g/mol. The Morgan fingerprint density at radius 2 is 1.84 bits per heavy atom. The molecule has 1 unspecified atom stereocenters. The molecule has 0 aliphatic carbocycles. The molecule has 0 bridgehead atoms. The van der Waals surface area contributed by atoms with Crippen molar-refractivity contribution in [2.75, 3.05) is 11.9 Å². The first-order chi connectivity index (χ1) is 14.5. The molecular formula is C25H37F3IN3. The van der Waals surface area contributed by atoms with Crippen LogP contribution in [0.2, 0.25) is 0 Å². The summed E-state index contributed by atoms with van der Waals surface area (Å²) in [5.74, 6) is 0.703. The Labute approximate surface area is 208 Å². The van der Waals surface area contributed by atoms with E-state index in [1.165, 1.54) is 0 Å². The third-order valence-electron chi connectivity index (χ3n) is 4.94. The van der Waals surface area contributed by atoms with Crippen LogP contribution < -0.4 is 10.6 Å². The molecule has 2 N–H and O–H groups in total. The normalized spacial score (nSPS) is 17.6. The van der Waals surface area contributed by atoms with E-state index < -0.39 is 11.7 Å². The molecule has 0 spiro atoms. The number of pyridine rings is 1. The van der Waals surface area contributed by atoms with Gasteiger partial charge in [-0.15, -0.1) is 24.0 Å². The Balaban J connectivity index is 0.00000311. The standard InChI is InChI=1S/C23H30F3N3.C2H6.HI/c1-14(2)19(13-17(5)23(24,25)26)16(4)12-21-20(8-7-11-27-21)29-22-15(3)9-10-18(6)28-22;1-2;/h9-10,12-14,20,27H,4-5,7-8,11H2,1-3,6H3,(H,28,29);1-2H3;1H/b19-13+,21-12-;;. The number of halogens is 4. The van der Waals surface area contributed by atoms with Crippen LogP contribution in [-0.4, -0.2) is 23.7 Å². The summed E-state index contributed by atoms with van der Waals surface area (Å²) >= 11 is 0. The van der Waals surface area contributed by atoms with Gasteiger partial charge in [0, 0.05) is 23.5 Å². The molecule has 1 fully saturated rings. The van der Waals surface area contributed by atoms with Gasteiger partial charge in [0.1, 0.15) is 5.82 Å². The minimum atomic E-state index is -4.45. The maximum atomic E-state index is 13.0. The summed E-state index contributed by atoms with van der Waals surface area (Å²) in [6.45, 7) is 19.7. The summed E-state index contributed by atoms with van der Waals surface area (Å²) < 4.78 is 38.9. The van der Waals surface area contributed by atoms with E-state index in [0.29, 0.717) is 11.1 Å². The van der Waals surface area contributed by atoms with E-state index in [1.807, 2.05) is 59.8 Å². The molecule has 0 saturated carbocycles. The van der Waals surface area contributed by atoms with Crippen molar-refractivity contribution in [1.29, 1.82) is 0 Å². The summed E-state index contributed by atoms with van der Waals surface area (Å²) in [7, 11) is 0. The maximum absolute atomic E-state index is 13.0. The van der Waals surface area contributed by atoms with Gasteiger partial charge in [0.2, 0.25) is 0 Å². The highest BCUT2D eigenvalue weighted by atomic mass is 127. The number of nitrogens with zero attached hydrogens (tertiary/aromatic N) is 1. The fourth-order valence-electron chi connectivity index (χ4n) is 3.23. The van der Waals surface area contributed by atoms with E-state index in [-0.39, 0.29) is 35.9 Å². The molecule has 0 amide bonds. The fourth-order valence-corrected chi connectivity index (χ4v) is 3.23. The van der Waals surface area contributed by atoms with Crippen LogP contribution in [-0.2, 0) is 0 Å². The van der Waals surface area contributed by atoms with Crippen LogP contribution in [0.25, 0.3) is 0 Å². The van der Waals surface area contributed by atoms with Gasteiger partial charge in [-0.25, -0.2) is 4.98 Å². The molecule has 2 heterocycles. The van der Waals surface area contributed by atoms with E-state index in [4.69, 9.17) is 0 Å². The predicted octanol–water partition coefficient (Wildman–Crippen LogP) is 7.65. The predicted molar refractivity (Wildman–Crippen MR) is 140 cm³/mol. The molecular weight excluding hydrogens is 526 g/mol. The maximum Gasteiger partial charge on any atom is 0.415 e. The lowest BCUT2D eigenvalue weighted by atomic mass is 9.91. The van der Waals surface area contributed by atoms with Gasteiger partial charge in [0.25, 0.3) is 0 Å². The lowest BCUT2D eigenvalue weighted by molar-refractivity contribution is -0.0878. The highest BCUT2D eigenvalue weighted by Gasteiger charge is 2.31. The number of rotatable bonds is 6. The van der Waals surface area contributed by atoms with Crippen molar-refractivity contribution in [3.05, 3.63) is 71.1 Å². The largest absolute Gasteiger partial charge is 0.415 e. The van der Waals surface area contributed by atoms with E-state index in [0.717, 1.165) is 48.2 Å². The number of aromatic nitrogens is 1. The molecule has 1 aliphatic rings. The molecule has 7 heteroatoms. The number of anilines is 1. The summed E-state index contributed by atoms with van der Waals surface area (Å²) in [5, 5.41) is 6.85. The van der Waals surface area contributed by atoms with Crippen LogP contribution in [0.4, 0.5) is 19.0 Å². The van der Waals surface area contributed by atoms with Crippen LogP contribution in [0, 0.1) is 19.8 Å². The van der Waals surface area contributed by atoms with Crippen LogP contribution in [0.15, 0.2) is 59.9 Å². The van der Waals surface area contributed by atoms with E-state index in [1.54, 1.807) is 0 Å². The smallest absolute Gasteiger partial charge is 0.387 e. The van der Waals surface area contributed by atoms with Crippen LogP contribution in [0.3, 0.4) is 0 Å². The molecule has 1 aromatic rings. The first kappa shape index (κ1) is 30.2. The van der Waals surface area contributed by atoms with Crippen molar-refractivity contribution < 1.29 is 13.2 Å². The van der Waals surface area contributed by atoms with Crippen molar-refractivity contribution >= 4 is 29.8 Å². The number of piperidine rings is 1. The van der Waals surface area contributed by atoms with Crippen LogP contribution in [0.1, 0.15) is 51.8 Å². The molecule has 0 radical (unpaired) electrons. The number of nitrogens with one attached hydrogen (secondary N) is 2. The third-order valence-corrected chi connectivity index (χ3v) is 4.94. The Kier molecular flexibility index (Phi) is 12.9. The van der Waals surface area contributed by atoms with Gasteiger partial charge in [-0.05, 0) is 67.5 Å². The van der Waals surface area contributed by atoms with E-state index in [9.17, 15) is 13.2 Å². The van der Waals surface area contributed by atoms with Crippen molar-refractivity contribution in [2.45, 2.75) is 66.6 Å². The highest BCUT2D eigenvalue weighted by molar-refractivity contribution is 14.0. The van der Waals surface area contributed by atoms with Gasteiger partial charge in [-0.1, -0.05) is 46.9 Å². The Morgan fingerprint density at radius 1 is 1.22 bits per heavy atom. The minimum Gasteiger partial charge on any atom is -0.387 e. The average Bonchev–Trinajstić information content (AvgIpc) is 2.70. The van der Waals surface area contributed by atoms with Gasteiger partial charge in [0.05, 0.1) is 6.04 Å². The SMILES string of the molecule is C=C(/C=C1\NCCCC1Nc1nc(C)ccc1C)/C(=C/C(=C)C(F)(F)F)C(C)C.CC.I. The lowest BCUT2D eigenvalue weighted by Gasteiger charge is -2.29. The number of allylic oxidation sites excluding steroid dienone is 5. The lowest BCUT2D eigenvalue weighted by Crippen LogP contribution is -2.37. The molecule has 180 valence electrons. The second kappa shape index (κ2) is 13.7. The molecule has 0 aromatic carbocycles. The van der Waals surface area contributed by atoms with Gasteiger partial charge >= 0.3 is 6.18 Å². The first-order valence-electron chi connectivity index (χ1n) is 10.8. The summed E-state index contributed by atoms with van der Waals surface area (Å²) in [6, 6.07) is 3.98. The highest BCUT2D eigenvalue weighted by Crippen LogP contribution is 2.30. The fraction of sp³-hybridized carbons (Fsp3) is 0.480. The zero-order valence-corrected chi connectivity index (χ0v) is 22.3. The second-order valence-corrected chi connectivity index (χ2v) is 7.79. The quantitative estimate of drug-likeness (QED) is 0.276. The Morgan fingerprint density at radius 3 is 2.41 bits per heavy atom. The zero-order valence-electron chi connectivity index (χ0n) is 20.0. The van der Waals surface area contributed by atoms with Crippen molar-refractivity contribution in [3.63, 3.8) is 0 Å². The molecule has 2 rings (SSSR count). The minimum absolute atomic E-state index is 0. The summed E-state index contributed by atoms with van der Waals surface area (Å²) in [5.41, 5.74) is 3.09. The average molecular weight is 563 g/mol. The molecule has 1 aliphatic heterocycles. The summed E-state index contributed by atoms with van der Waals surface area (Å²) in [4.78, 5) is 4.57. The molecule has 1 saturated heterocycles. The molecule has 32 heavy (non-hydrogen) atoms.